The van der Waals surface area contributed by atoms with E-state index in [1.54, 1.807) is 19.1 Å². The summed E-state index contributed by atoms with van der Waals surface area (Å²) in [7, 11) is 0. The number of ether oxygens (including phenoxy) is 1. The highest BCUT2D eigenvalue weighted by Crippen LogP contribution is 2.07. The van der Waals surface area contributed by atoms with E-state index in [1.807, 2.05) is 24.0 Å². The lowest BCUT2D eigenvalue weighted by Gasteiger charge is -2.19. The molecular weight excluding hydrogens is 228 g/mol. The molecule has 96 valence electrons. The van der Waals surface area contributed by atoms with Gasteiger partial charge < -0.3 is 4.74 Å². The fourth-order valence-corrected chi connectivity index (χ4v) is 1.61. The van der Waals surface area contributed by atoms with Gasteiger partial charge in [0.25, 0.3) is 0 Å². The van der Waals surface area contributed by atoms with Crippen molar-refractivity contribution in [2.45, 2.75) is 20.4 Å². The fraction of sp³-hybridized carbons (Fsp3) is 0.429. The van der Waals surface area contributed by atoms with Crippen molar-refractivity contribution in [1.29, 1.82) is 5.26 Å². The smallest absolute Gasteiger partial charge is 0.320 e. The zero-order valence-corrected chi connectivity index (χ0v) is 10.8. The minimum Gasteiger partial charge on any atom is -0.465 e. The van der Waals surface area contributed by atoms with Crippen molar-refractivity contribution < 1.29 is 9.53 Å². The second kappa shape index (κ2) is 7.46. The quantitative estimate of drug-likeness (QED) is 0.720. The van der Waals surface area contributed by atoms with Gasteiger partial charge >= 0.3 is 5.97 Å². The van der Waals surface area contributed by atoms with Crippen LogP contribution in [0.1, 0.15) is 25.0 Å². The molecule has 1 rings (SSSR count). The van der Waals surface area contributed by atoms with Crippen molar-refractivity contribution in [3.8, 4) is 6.07 Å². The van der Waals surface area contributed by atoms with Gasteiger partial charge in [-0.2, -0.15) is 5.26 Å². The van der Waals surface area contributed by atoms with Crippen molar-refractivity contribution >= 4 is 5.97 Å². The third kappa shape index (κ3) is 4.56. The molecule has 1 aromatic carbocycles. The first kappa shape index (κ1) is 14.2. The Hall–Kier alpha value is -1.86. The summed E-state index contributed by atoms with van der Waals surface area (Å²) < 4.78 is 4.92. The van der Waals surface area contributed by atoms with Crippen LogP contribution in [0.4, 0.5) is 0 Å². The number of hydrogen-bond donors (Lipinski definition) is 0. The van der Waals surface area contributed by atoms with Gasteiger partial charge in [0.15, 0.2) is 0 Å². The molecular formula is C14H18N2O2. The number of nitrogens with zero attached hydrogens (tertiary/aromatic N) is 2. The van der Waals surface area contributed by atoms with Gasteiger partial charge in [0.2, 0.25) is 0 Å². The molecule has 0 saturated carbocycles. The monoisotopic (exact) mass is 246 g/mol. The van der Waals surface area contributed by atoms with Crippen LogP contribution in [0.2, 0.25) is 0 Å². The number of esters is 1. The van der Waals surface area contributed by atoms with E-state index in [-0.39, 0.29) is 5.97 Å². The second-order valence-electron chi connectivity index (χ2n) is 3.92. The van der Waals surface area contributed by atoms with Crippen molar-refractivity contribution in [1.82, 2.24) is 4.90 Å². The van der Waals surface area contributed by atoms with Gasteiger partial charge in [-0.15, -0.1) is 0 Å². The Morgan fingerprint density at radius 3 is 2.50 bits per heavy atom. The molecule has 0 aliphatic carbocycles. The molecule has 1 aromatic rings. The number of likely N-dealkylation sites (N-methyl/N-ethyl adjacent to an activating group) is 1. The third-order valence-corrected chi connectivity index (χ3v) is 2.59. The van der Waals surface area contributed by atoms with Gasteiger partial charge in [-0.05, 0) is 31.2 Å². The van der Waals surface area contributed by atoms with Crippen LogP contribution in [0.5, 0.6) is 0 Å². The maximum absolute atomic E-state index is 11.4. The second-order valence-corrected chi connectivity index (χ2v) is 3.92. The van der Waals surface area contributed by atoms with Gasteiger partial charge in [-0.25, -0.2) is 0 Å². The number of benzene rings is 1. The highest BCUT2D eigenvalue weighted by Gasteiger charge is 2.10. The molecule has 0 aliphatic rings. The van der Waals surface area contributed by atoms with Crippen molar-refractivity contribution in [3.63, 3.8) is 0 Å². The molecule has 0 N–H and O–H groups in total. The standard InChI is InChI=1S/C14H18N2O2/c1-3-16(11-14(17)18-4-2)10-13-7-5-12(9-15)6-8-13/h5-8H,3-4,10-11H2,1-2H3. The van der Waals surface area contributed by atoms with Gasteiger partial charge in [-0.3, -0.25) is 9.69 Å². The van der Waals surface area contributed by atoms with Crippen LogP contribution in [-0.2, 0) is 16.1 Å². The van der Waals surface area contributed by atoms with Crippen LogP contribution < -0.4 is 0 Å². The summed E-state index contributed by atoms with van der Waals surface area (Å²) in [5.74, 6) is -0.201. The Morgan fingerprint density at radius 2 is 2.00 bits per heavy atom. The molecule has 18 heavy (non-hydrogen) atoms. The molecule has 0 heterocycles. The molecule has 0 aliphatic heterocycles. The van der Waals surface area contributed by atoms with E-state index in [2.05, 4.69) is 6.07 Å². The number of rotatable bonds is 6. The average Bonchev–Trinajstić information content (AvgIpc) is 2.39. The normalized spacial score (nSPS) is 10.1. The van der Waals surface area contributed by atoms with Gasteiger partial charge in [0.1, 0.15) is 0 Å². The zero-order valence-electron chi connectivity index (χ0n) is 10.8. The van der Waals surface area contributed by atoms with E-state index in [9.17, 15) is 4.79 Å². The van der Waals surface area contributed by atoms with E-state index in [1.165, 1.54) is 0 Å². The number of nitriles is 1. The first-order valence-corrected chi connectivity index (χ1v) is 6.06. The topological polar surface area (TPSA) is 53.3 Å². The van der Waals surface area contributed by atoms with Crippen LogP contribution in [0.25, 0.3) is 0 Å². The average molecular weight is 246 g/mol. The lowest BCUT2D eigenvalue weighted by Crippen LogP contribution is -2.30. The highest BCUT2D eigenvalue weighted by molar-refractivity contribution is 5.71. The Labute approximate surface area is 108 Å². The minimum absolute atomic E-state index is 0.201. The maximum Gasteiger partial charge on any atom is 0.320 e. The van der Waals surface area contributed by atoms with Crippen LogP contribution >= 0.6 is 0 Å². The number of carbonyl (C=O) groups excluding carboxylic acids is 1. The van der Waals surface area contributed by atoms with E-state index in [4.69, 9.17) is 10.00 Å². The Morgan fingerprint density at radius 1 is 1.33 bits per heavy atom. The lowest BCUT2D eigenvalue weighted by molar-refractivity contribution is -0.144. The molecule has 4 nitrogen and oxygen atoms in total. The van der Waals surface area contributed by atoms with Crippen molar-refractivity contribution in [2.24, 2.45) is 0 Å². The molecule has 0 amide bonds. The molecule has 4 heteroatoms. The maximum atomic E-state index is 11.4. The zero-order chi connectivity index (χ0) is 13.4. The summed E-state index contributed by atoms with van der Waals surface area (Å²) in [6.07, 6.45) is 0. The van der Waals surface area contributed by atoms with E-state index < -0.39 is 0 Å². The van der Waals surface area contributed by atoms with E-state index in [0.717, 1.165) is 12.1 Å². The molecule has 0 radical (unpaired) electrons. The van der Waals surface area contributed by atoms with Crippen molar-refractivity contribution in [2.75, 3.05) is 19.7 Å². The summed E-state index contributed by atoms with van der Waals surface area (Å²) in [6, 6.07) is 9.47. The molecule has 0 atom stereocenters. The lowest BCUT2D eigenvalue weighted by atomic mass is 10.1. The van der Waals surface area contributed by atoms with Crippen LogP contribution in [0.3, 0.4) is 0 Å². The molecule has 0 aromatic heterocycles. The summed E-state index contributed by atoms with van der Waals surface area (Å²) >= 11 is 0. The van der Waals surface area contributed by atoms with Gasteiger partial charge in [-0.1, -0.05) is 19.1 Å². The largest absolute Gasteiger partial charge is 0.465 e. The highest BCUT2D eigenvalue weighted by atomic mass is 16.5. The predicted octanol–water partition coefficient (Wildman–Crippen LogP) is 1.94. The fourth-order valence-electron chi connectivity index (χ4n) is 1.61. The first-order valence-electron chi connectivity index (χ1n) is 6.06. The summed E-state index contributed by atoms with van der Waals surface area (Å²) in [6.45, 7) is 5.97. The van der Waals surface area contributed by atoms with Gasteiger partial charge in [0, 0.05) is 6.54 Å². The Bertz CT molecular complexity index is 420. The van der Waals surface area contributed by atoms with E-state index in [0.29, 0.717) is 25.3 Å². The molecule has 0 bridgehead atoms. The molecule has 0 fully saturated rings. The van der Waals surface area contributed by atoms with Crippen LogP contribution in [0.15, 0.2) is 24.3 Å². The third-order valence-electron chi connectivity index (χ3n) is 2.59. The van der Waals surface area contributed by atoms with Crippen LogP contribution in [0, 0.1) is 11.3 Å². The van der Waals surface area contributed by atoms with Crippen molar-refractivity contribution in [3.05, 3.63) is 35.4 Å². The number of carbonyl (C=O) groups is 1. The number of hydrogen-bond acceptors (Lipinski definition) is 4. The molecule has 0 spiro atoms. The van der Waals surface area contributed by atoms with Gasteiger partial charge in [0.05, 0.1) is 24.8 Å². The Balaban J connectivity index is 2.56. The molecule has 0 saturated heterocycles. The molecule has 0 unspecified atom stereocenters. The van der Waals surface area contributed by atoms with E-state index >= 15 is 0 Å². The van der Waals surface area contributed by atoms with Crippen LogP contribution in [-0.4, -0.2) is 30.6 Å². The summed E-state index contributed by atoms with van der Waals surface area (Å²) in [4.78, 5) is 13.4. The SMILES string of the molecule is CCOC(=O)CN(CC)Cc1ccc(C#N)cc1. The summed E-state index contributed by atoms with van der Waals surface area (Å²) in [5, 5.41) is 8.71. The summed E-state index contributed by atoms with van der Waals surface area (Å²) in [5.41, 5.74) is 1.73. The minimum atomic E-state index is -0.201. The Kier molecular flexibility index (Phi) is 5.89. The predicted molar refractivity (Wildman–Crippen MR) is 68.7 cm³/mol. The first-order chi connectivity index (χ1) is 8.69.